The number of carbonyl (C=O) groups is 1. The number of rotatable bonds is 8. The van der Waals surface area contributed by atoms with E-state index in [1.807, 2.05) is 20.8 Å². The van der Waals surface area contributed by atoms with Crippen molar-refractivity contribution in [2.75, 3.05) is 6.61 Å². The molecule has 0 atom stereocenters. The molecule has 106 valence electrons. The highest BCUT2D eigenvalue weighted by molar-refractivity contribution is 5.73. The minimum Gasteiger partial charge on any atom is -0.375 e. The van der Waals surface area contributed by atoms with Crippen molar-refractivity contribution in [2.45, 2.75) is 71.9 Å². The minimum atomic E-state index is -0.212. The van der Waals surface area contributed by atoms with Gasteiger partial charge in [-0.15, -0.1) is 6.58 Å². The van der Waals surface area contributed by atoms with Crippen LogP contribution in [0, 0.1) is 0 Å². The van der Waals surface area contributed by atoms with Crippen LogP contribution in [0.5, 0.6) is 0 Å². The maximum Gasteiger partial charge on any atom is 0.217 e. The van der Waals surface area contributed by atoms with Gasteiger partial charge < -0.3 is 10.1 Å². The summed E-state index contributed by atoms with van der Waals surface area (Å²) in [5.41, 5.74) is 0.840. The van der Waals surface area contributed by atoms with Crippen LogP contribution < -0.4 is 5.32 Å². The van der Waals surface area contributed by atoms with Gasteiger partial charge in [-0.2, -0.15) is 0 Å². The molecule has 0 aromatic rings. The Morgan fingerprint density at radius 3 is 2.17 bits per heavy atom. The van der Waals surface area contributed by atoms with Crippen molar-refractivity contribution in [3.63, 3.8) is 0 Å². The predicted molar refractivity (Wildman–Crippen MR) is 76.6 cm³/mol. The highest BCUT2D eigenvalue weighted by Gasteiger charge is 2.22. The Bertz CT molecular complexity index is 293. The summed E-state index contributed by atoms with van der Waals surface area (Å²) in [5.74, 6) is 0.00143. The first kappa shape index (κ1) is 17.2. The van der Waals surface area contributed by atoms with Gasteiger partial charge in [-0.05, 0) is 53.9 Å². The Labute approximate surface area is 112 Å². The third kappa shape index (κ3) is 9.23. The summed E-state index contributed by atoms with van der Waals surface area (Å²) in [4.78, 5) is 11.0. The lowest BCUT2D eigenvalue weighted by Crippen LogP contribution is -2.43. The van der Waals surface area contributed by atoms with E-state index in [9.17, 15) is 4.79 Å². The van der Waals surface area contributed by atoms with Gasteiger partial charge in [-0.25, -0.2) is 0 Å². The van der Waals surface area contributed by atoms with Crippen LogP contribution in [-0.2, 0) is 9.53 Å². The molecule has 0 bridgehead atoms. The van der Waals surface area contributed by atoms with Crippen LogP contribution in [0.15, 0.2) is 12.2 Å². The fourth-order valence-corrected chi connectivity index (χ4v) is 1.71. The van der Waals surface area contributed by atoms with Gasteiger partial charge in [0.2, 0.25) is 5.91 Å². The summed E-state index contributed by atoms with van der Waals surface area (Å²) in [5, 5.41) is 2.92. The standard InChI is InChI=1S/C15H29NO2/c1-12(2)8-9-15(6,7)18-11-10-14(4,5)16-13(3)17/h1,8-11H2,2-7H3,(H,16,17). The zero-order chi connectivity index (χ0) is 14.4. The summed E-state index contributed by atoms with van der Waals surface area (Å²) in [7, 11) is 0. The Balaban J connectivity index is 4.01. The average Bonchev–Trinajstić information content (AvgIpc) is 2.12. The van der Waals surface area contributed by atoms with Crippen LogP contribution in [-0.4, -0.2) is 23.7 Å². The quantitative estimate of drug-likeness (QED) is 0.675. The van der Waals surface area contributed by atoms with Gasteiger partial charge in [-0.3, -0.25) is 4.79 Å². The second kappa shape index (κ2) is 6.93. The highest BCUT2D eigenvalue weighted by atomic mass is 16.5. The molecular formula is C15H29NO2. The van der Waals surface area contributed by atoms with Crippen molar-refractivity contribution < 1.29 is 9.53 Å². The van der Waals surface area contributed by atoms with Crippen molar-refractivity contribution >= 4 is 5.91 Å². The second-order valence-corrected chi connectivity index (χ2v) is 6.38. The summed E-state index contributed by atoms with van der Waals surface area (Å²) in [6, 6.07) is 0. The first-order chi connectivity index (χ1) is 8.04. The zero-order valence-corrected chi connectivity index (χ0v) is 12.9. The molecule has 0 rings (SSSR count). The Morgan fingerprint density at radius 2 is 1.72 bits per heavy atom. The smallest absolute Gasteiger partial charge is 0.217 e. The van der Waals surface area contributed by atoms with E-state index in [0.29, 0.717) is 6.61 Å². The molecule has 0 aromatic heterocycles. The fraction of sp³-hybridized carbons (Fsp3) is 0.800. The third-order valence-electron chi connectivity index (χ3n) is 2.89. The first-order valence-corrected chi connectivity index (χ1v) is 6.61. The summed E-state index contributed by atoms with van der Waals surface area (Å²) >= 11 is 0. The zero-order valence-electron chi connectivity index (χ0n) is 12.9. The molecule has 0 unspecified atom stereocenters. The molecule has 3 heteroatoms. The normalized spacial score (nSPS) is 12.3. The highest BCUT2D eigenvalue weighted by Crippen LogP contribution is 2.20. The number of amides is 1. The summed E-state index contributed by atoms with van der Waals surface area (Å²) in [6.45, 7) is 16.4. The van der Waals surface area contributed by atoms with Gasteiger partial charge >= 0.3 is 0 Å². The van der Waals surface area contributed by atoms with Gasteiger partial charge in [0.05, 0.1) is 5.60 Å². The van der Waals surface area contributed by atoms with Gasteiger partial charge in [0, 0.05) is 19.1 Å². The molecule has 18 heavy (non-hydrogen) atoms. The van der Waals surface area contributed by atoms with Crippen LogP contribution in [0.25, 0.3) is 0 Å². The predicted octanol–water partition coefficient (Wildman–Crippen LogP) is 3.44. The molecule has 0 aliphatic rings. The van der Waals surface area contributed by atoms with Crippen molar-refractivity contribution in [1.82, 2.24) is 5.32 Å². The van der Waals surface area contributed by atoms with E-state index in [0.717, 1.165) is 19.3 Å². The first-order valence-electron chi connectivity index (χ1n) is 6.61. The van der Waals surface area contributed by atoms with Crippen LogP contribution in [0.1, 0.15) is 60.8 Å². The molecule has 0 saturated carbocycles. The molecule has 0 fully saturated rings. The molecule has 0 radical (unpaired) electrons. The van der Waals surface area contributed by atoms with Gasteiger partial charge in [-0.1, -0.05) is 5.57 Å². The van der Waals surface area contributed by atoms with E-state index in [2.05, 4.69) is 25.7 Å². The van der Waals surface area contributed by atoms with Crippen molar-refractivity contribution in [1.29, 1.82) is 0 Å². The molecule has 1 N–H and O–H groups in total. The van der Waals surface area contributed by atoms with Gasteiger partial charge in [0.15, 0.2) is 0 Å². The molecule has 0 aliphatic heterocycles. The van der Waals surface area contributed by atoms with Crippen molar-refractivity contribution in [3.8, 4) is 0 Å². The molecule has 0 aliphatic carbocycles. The monoisotopic (exact) mass is 255 g/mol. The summed E-state index contributed by atoms with van der Waals surface area (Å²) < 4.78 is 5.90. The SMILES string of the molecule is C=C(C)CCC(C)(C)OCCC(C)(C)NC(C)=O. The molecular weight excluding hydrogens is 226 g/mol. The Hall–Kier alpha value is -0.830. The van der Waals surface area contributed by atoms with Gasteiger partial charge in [0.1, 0.15) is 0 Å². The molecule has 0 aromatic carbocycles. The maximum absolute atomic E-state index is 11.0. The Kier molecular flexibility index (Phi) is 6.61. The van der Waals surface area contributed by atoms with E-state index in [1.54, 1.807) is 6.92 Å². The molecule has 0 spiro atoms. The number of carbonyl (C=O) groups excluding carboxylic acids is 1. The fourth-order valence-electron chi connectivity index (χ4n) is 1.71. The van der Waals surface area contributed by atoms with E-state index in [1.165, 1.54) is 5.57 Å². The molecule has 0 saturated heterocycles. The van der Waals surface area contributed by atoms with Gasteiger partial charge in [0.25, 0.3) is 0 Å². The number of hydrogen-bond acceptors (Lipinski definition) is 2. The van der Waals surface area contributed by atoms with Crippen LogP contribution in [0.3, 0.4) is 0 Å². The van der Waals surface area contributed by atoms with E-state index in [4.69, 9.17) is 4.74 Å². The van der Waals surface area contributed by atoms with E-state index in [-0.39, 0.29) is 17.0 Å². The van der Waals surface area contributed by atoms with Crippen molar-refractivity contribution in [3.05, 3.63) is 12.2 Å². The van der Waals surface area contributed by atoms with E-state index >= 15 is 0 Å². The lowest BCUT2D eigenvalue weighted by molar-refractivity contribution is -0.120. The number of ether oxygens (including phenoxy) is 1. The molecule has 3 nitrogen and oxygen atoms in total. The van der Waals surface area contributed by atoms with Crippen LogP contribution >= 0.6 is 0 Å². The number of allylic oxidation sites excluding steroid dienone is 1. The maximum atomic E-state index is 11.0. The molecule has 0 heterocycles. The van der Waals surface area contributed by atoms with Crippen molar-refractivity contribution in [2.24, 2.45) is 0 Å². The summed E-state index contributed by atoms with van der Waals surface area (Å²) in [6.07, 6.45) is 2.77. The largest absolute Gasteiger partial charge is 0.375 e. The second-order valence-electron chi connectivity index (χ2n) is 6.38. The number of hydrogen-bond donors (Lipinski definition) is 1. The minimum absolute atomic E-state index is 0.00143. The number of nitrogens with one attached hydrogen (secondary N) is 1. The lowest BCUT2D eigenvalue weighted by Gasteiger charge is -2.30. The average molecular weight is 255 g/mol. The molecule has 1 amide bonds. The topological polar surface area (TPSA) is 38.3 Å². The third-order valence-corrected chi connectivity index (χ3v) is 2.89. The Morgan fingerprint density at radius 1 is 1.17 bits per heavy atom. The van der Waals surface area contributed by atoms with E-state index < -0.39 is 0 Å². The lowest BCUT2D eigenvalue weighted by atomic mass is 9.98. The van der Waals surface area contributed by atoms with Crippen LogP contribution in [0.2, 0.25) is 0 Å². The van der Waals surface area contributed by atoms with Crippen LogP contribution in [0.4, 0.5) is 0 Å².